The van der Waals surface area contributed by atoms with Crippen molar-refractivity contribution >= 4 is 17.9 Å². The van der Waals surface area contributed by atoms with Crippen LogP contribution in [0.3, 0.4) is 0 Å². The van der Waals surface area contributed by atoms with Crippen LogP contribution in [0.25, 0.3) is 11.1 Å². The molecular formula is C30H24HfS. The van der Waals surface area contributed by atoms with Crippen LogP contribution in [-0.4, -0.2) is 3.26 Å². The minimum absolute atomic E-state index is 0.563. The molecule has 0 atom stereocenters. The van der Waals surface area contributed by atoms with Crippen LogP contribution >= 0.6 is 11.3 Å². The molecule has 0 nitrogen and oxygen atoms in total. The van der Waals surface area contributed by atoms with Crippen molar-refractivity contribution in [3.63, 3.8) is 0 Å². The summed E-state index contributed by atoms with van der Waals surface area (Å²) in [4.78, 5) is 2.86. The molecule has 0 amide bonds. The molecular weight excluding hydrogens is 571 g/mol. The van der Waals surface area contributed by atoms with Gasteiger partial charge in [-0.3, -0.25) is 0 Å². The van der Waals surface area contributed by atoms with Gasteiger partial charge in [-0.2, -0.15) is 0 Å². The standard InChI is InChI=1S/C13H9.C12H10S.C5H5.Hf/c1-3-7-12-10(5-1)9-11-6-2-4-8-13(11)12;1-10-7-8-12(13-10)9-11-5-3-2-4-6-11;1-2-4-5-3-1;/h1-5,7-8H,9H2;2-8H,1H3;1-5H;. The van der Waals surface area contributed by atoms with Gasteiger partial charge in [0.2, 0.25) is 0 Å². The fourth-order valence-electron chi connectivity index (χ4n) is 5.12. The number of thiophene rings is 1. The molecule has 1 heterocycles. The van der Waals surface area contributed by atoms with Gasteiger partial charge in [0.1, 0.15) is 0 Å². The molecule has 154 valence electrons. The van der Waals surface area contributed by atoms with E-state index in [9.17, 15) is 0 Å². The Bertz CT molecular complexity index is 1390. The number of allylic oxidation sites excluding steroid dienone is 4. The average Bonchev–Trinajstić information content (AvgIpc) is 3.58. The number of aryl methyl sites for hydroxylation is 1. The van der Waals surface area contributed by atoms with Crippen LogP contribution in [0.1, 0.15) is 26.4 Å². The third-order valence-electron chi connectivity index (χ3n) is 6.54. The van der Waals surface area contributed by atoms with Crippen molar-refractivity contribution in [1.29, 1.82) is 0 Å². The Hall–Kier alpha value is -2.42. The first kappa shape index (κ1) is 20.2. The van der Waals surface area contributed by atoms with E-state index in [4.69, 9.17) is 0 Å². The maximum atomic E-state index is 2.47. The zero-order chi connectivity index (χ0) is 21.5. The summed E-state index contributed by atoms with van der Waals surface area (Å²) in [6, 6.07) is 31.9. The first-order chi connectivity index (χ1) is 15.8. The number of hydrogen-bond donors (Lipinski definition) is 0. The average molecular weight is 595 g/mol. The molecule has 0 aliphatic heterocycles. The summed E-state index contributed by atoms with van der Waals surface area (Å²) in [5.74, 6) is 0. The molecule has 0 saturated heterocycles. The minimum atomic E-state index is -2.63. The van der Waals surface area contributed by atoms with Crippen molar-refractivity contribution in [3.05, 3.63) is 136 Å². The predicted octanol–water partition coefficient (Wildman–Crippen LogP) is 7.05. The van der Waals surface area contributed by atoms with E-state index in [2.05, 4.69) is 116 Å². The second kappa shape index (κ2) is 8.50. The van der Waals surface area contributed by atoms with Crippen LogP contribution in [-0.2, 0) is 27.4 Å². The Morgan fingerprint density at radius 1 is 0.781 bits per heavy atom. The molecule has 0 unspecified atom stereocenters. The molecule has 0 bridgehead atoms. The zero-order valence-electron chi connectivity index (χ0n) is 18.1. The van der Waals surface area contributed by atoms with Crippen molar-refractivity contribution in [3.8, 4) is 11.1 Å². The molecule has 1 aromatic heterocycles. The van der Waals surface area contributed by atoms with Crippen LogP contribution in [0.2, 0.25) is 3.67 Å². The van der Waals surface area contributed by atoms with Gasteiger partial charge in [-0.05, 0) is 0 Å². The summed E-state index contributed by atoms with van der Waals surface area (Å²) < 4.78 is 3.89. The van der Waals surface area contributed by atoms with E-state index in [1.807, 2.05) is 11.3 Å². The molecule has 4 aromatic rings. The molecule has 0 radical (unpaired) electrons. The maximum absolute atomic E-state index is 2.63. The summed E-state index contributed by atoms with van der Waals surface area (Å²) in [6.45, 7) is 2.23. The van der Waals surface area contributed by atoms with Gasteiger partial charge in [-0.15, -0.1) is 0 Å². The van der Waals surface area contributed by atoms with Gasteiger partial charge in [0.15, 0.2) is 0 Å². The van der Waals surface area contributed by atoms with Gasteiger partial charge in [0.05, 0.1) is 0 Å². The quantitative estimate of drug-likeness (QED) is 0.196. The predicted molar refractivity (Wildman–Crippen MR) is 135 cm³/mol. The summed E-state index contributed by atoms with van der Waals surface area (Å²) >= 11 is -0.672. The Labute approximate surface area is 201 Å². The Morgan fingerprint density at radius 2 is 1.53 bits per heavy atom. The molecule has 0 N–H and O–H groups in total. The summed E-state index contributed by atoms with van der Waals surface area (Å²) in [6.07, 6.45) is 10.5. The normalized spacial score (nSPS) is 15.0. The van der Waals surface area contributed by atoms with Gasteiger partial charge >= 0.3 is 203 Å². The summed E-state index contributed by atoms with van der Waals surface area (Å²) in [5, 5.41) is 0. The van der Waals surface area contributed by atoms with Gasteiger partial charge in [-0.1, -0.05) is 0 Å². The van der Waals surface area contributed by atoms with E-state index >= 15 is 0 Å². The van der Waals surface area contributed by atoms with Gasteiger partial charge in [0.25, 0.3) is 0 Å². The number of hydrogen-bond acceptors (Lipinski definition) is 1. The van der Waals surface area contributed by atoms with E-state index < -0.39 is 21.0 Å². The molecule has 32 heavy (non-hydrogen) atoms. The van der Waals surface area contributed by atoms with Crippen molar-refractivity contribution in [2.24, 2.45) is 0 Å². The van der Waals surface area contributed by atoms with Crippen LogP contribution < -0.4 is 3.32 Å². The summed E-state index contributed by atoms with van der Waals surface area (Å²) in [5.41, 5.74) is 7.37. The SMILES string of the molecule is Cc1ccc([C](c2ccccc2)=[Hf]([c]2cccc3c2Cc2ccccc2-3)[CH]2C=CC=C2)s1. The molecule has 2 aliphatic rings. The van der Waals surface area contributed by atoms with E-state index in [0.29, 0.717) is 3.67 Å². The molecule has 0 fully saturated rings. The van der Waals surface area contributed by atoms with Crippen LogP contribution in [0.5, 0.6) is 0 Å². The third-order valence-corrected chi connectivity index (χ3v) is 19.7. The fraction of sp³-hybridized carbons (Fsp3) is 0.100. The van der Waals surface area contributed by atoms with Gasteiger partial charge < -0.3 is 0 Å². The van der Waals surface area contributed by atoms with E-state index in [1.54, 1.807) is 12.1 Å². The van der Waals surface area contributed by atoms with Crippen molar-refractivity contribution < 1.29 is 21.0 Å². The van der Waals surface area contributed by atoms with E-state index in [0.717, 1.165) is 6.42 Å². The second-order valence-electron chi connectivity index (χ2n) is 8.53. The van der Waals surface area contributed by atoms with Crippen molar-refractivity contribution in [2.75, 3.05) is 0 Å². The Morgan fingerprint density at radius 3 is 2.31 bits per heavy atom. The third kappa shape index (κ3) is 3.50. The molecule has 2 aliphatic carbocycles. The molecule has 3 aromatic carbocycles. The molecule has 2 heteroatoms. The topological polar surface area (TPSA) is 0 Å². The molecule has 0 spiro atoms. The summed E-state index contributed by atoms with van der Waals surface area (Å²) in [7, 11) is 0. The molecule has 0 saturated carbocycles. The first-order valence-electron chi connectivity index (χ1n) is 11.2. The molecule has 6 rings (SSSR count). The van der Waals surface area contributed by atoms with E-state index in [-0.39, 0.29) is 0 Å². The number of rotatable bonds is 4. The van der Waals surface area contributed by atoms with Gasteiger partial charge in [-0.25, -0.2) is 0 Å². The van der Waals surface area contributed by atoms with Crippen molar-refractivity contribution in [1.82, 2.24) is 0 Å². The van der Waals surface area contributed by atoms with Crippen LogP contribution in [0.4, 0.5) is 0 Å². The second-order valence-corrected chi connectivity index (χ2v) is 18.9. The fourth-order valence-corrected chi connectivity index (χ4v) is 19.0. The first-order valence-corrected chi connectivity index (χ1v) is 17.7. The van der Waals surface area contributed by atoms with Crippen LogP contribution in [0.15, 0.2) is 109 Å². The van der Waals surface area contributed by atoms with Crippen LogP contribution in [0, 0.1) is 6.92 Å². The van der Waals surface area contributed by atoms with E-state index in [1.165, 1.54) is 32.0 Å². The monoisotopic (exact) mass is 596 g/mol. The van der Waals surface area contributed by atoms with Crippen molar-refractivity contribution in [2.45, 2.75) is 17.0 Å². The zero-order valence-corrected chi connectivity index (χ0v) is 22.5. The number of benzene rings is 3. The Kier molecular flexibility index (Phi) is 5.37. The Balaban J connectivity index is 1.67. The van der Waals surface area contributed by atoms with Gasteiger partial charge in [0, 0.05) is 0 Å². The number of fused-ring (bicyclic) bond motifs is 3.